The van der Waals surface area contributed by atoms with Crippen LogP contribution >= 0.6 is 0 Å². The van der Waals surface area contributed by atoms with E-state index >= 15 is 0 Å². The maximum Gasteiger partial charge on any atom is 0.267 e. The van der Waals surface area contributed by atoms with Crippen molar-refractivity contribution in [1.82, 2.24) is 20.6 Å². The molecule has 7 heteroatoms. The van der Waals surface area contributed by atoms with Gasteiger partial charge < -0.3 is 10.1 Å². The first kappa shape index (κ1) is 14.5. The topological polar surface area (TPSA) is 106 Å². The smallest absolute Gasteiger partial charge is 0.267 e. The van der Waals surface area contributed by atoms with E-state index in [2.05, 4.69) is 25.7 Å². The van der Waals surface area contributed by atoms with E-state index in [0.717, 1.165) is 22.2 Å². The second-order valence-electron chi connectivity index (χ2n) is 6.09. The summed E-state index contributed by atoms with van der Waals surface area (Å²) in [7, 11) is 0. The number of H-pyrrole nitrogens is 3. The molecule has 0 saturated carbocycles. The number of benzene rings is 1. The van der Waals surface area contributed by atoms with E-state index in [1.54, 1.807) is 6.92 Å². The molecule has 1 aliphatic rings. The van der Waals surface area contributed by atoms with Gasteiger partial charge in [-0.25, -0.2) is 5.43 Å². The minimum Gasteiger partial charge on any atom is -0.361 e. The number of aromatic amines is 3. The summed E-state index contributed by atoms with van der Waals surface area (Å²) in [5.74, 6) is -1.12. The second kappa shape index (κ2) is 5.23. The highest BCUT2D eigenvalue weighted by Gasteiger charge is 2.40. The number of carbonyl (C=O) groups excluding carboxylic acids is 1. The molecule has 0 spiro atoms. The molecule has 1 aromatic carbocycles. The summed E-state index contributed by atoms with van der Waals surface area (Å²) in [5.41, 5.74) is 6.16. The molecule has 1 aliphatic heterocycles. The summed E-state index contributed by atoms with van der Waals surface area (Å²) in [4.78, 5) is 28.1. The van der Waals surface area contributed by atoms with Gasteiger partial charge in [0.1, 0.15) is 0 Å². The fraction of sp³-hybridized carbons (Fsp3) is 0.235. The van der Waals surface area contributed by atoms with Crippen LogP contribution in [0.5, 0.6) is 0 Å². The molecule has 0 radical (unpaired) electrons. The average molecular weight is 323 g/mol. The maximum atomic E-state index is 12.4. The van der Waals surface area contributed by atoms with Crippen LogP contribution in [-0.2, 0) is 4.79 Å². The van der Waals surface area contributed by atoms with Crippen molar-refractivity contribution in [2.24, 2.45) is 11.0 Å². The number of aromatic nitrogens is 3. The number of nitrogens with zero attached hydrogens (tertiary/aromatic N) is 1. The van der Waals surface area contributed by atoms with Crippen LogP contribution in [-0.4, -0.2) is 26.8 Å². The number of nitrogens with one attached hydrogen (secondary N) is 4. The summed E-state index contributed by atoms with van der Waals surface area (Å²) in [6, 6.07) is 7.85. The fourth-order valence-corrected chi connectivity index (χ4v) is 3.55. The average Bonchev–Trinajstić information content (AvgIpc) is 3.23. The molecule has 0 bridgehead atoms. The van der Waals surface area contributed by atoms with Crippen molar-refractivity contribution in [3.05, 3.63) is 57.6 Å². The molecule has 7 nitrogen and oxygen atoms in total. The van der Waals surface area contributed by atoms with Crippen LogP contribution in [0.15, 0.2) is 40.4 Å². The third-order valence-electron chi connectivity index (χ3n) is 4.69. The maximum absolute atomic E-state index is 12.4. The Kier molecular flexibility index (Phi) is 3.16. The number of hydrogen-bond donors (Lipinski definition) is 4. The van der Waals surface area contributed by atoms with Crippen LogP contribution < -0.4 is 11.0 Å². The van der Waals surface area contributed by atoms with Crippen molar-refractivity contribution in [2.45, 2.75) is 19.8 Å². The van der Waals surface area contributed by atoms with Gasteiger partial charge in [0.2, 0.25) is 5.91 Å². The van der Waals surface area contributed by atoms with Crippen molar-refractivity contribution in [3.8, 4) is 0 Å². The largest absolute Gasteiger partial charge is 0.361 e. The van der Waals surface area contributed by atoms with Gasteiger partial charge in [-0.2, -0.15) is 5.10 Å². The van der Waals surface area contributed by atoms with Crippen molar-refractivity contribution in [2.75, 3.05) is 0 Å². The summed E-state index contributed by atoms with van der Waals surface area (Å²) >= 11 is 0. The summed E-state index contributed by atoms with van der Waals surface area (Å²) in [6.07, 6.45) is 1.88. The van der Waals surface area contributed by atoms with E-state index in [-0.39, 0.29) is 11.5 Å². The molecule has 0 saturated heterocycles. The van der Waals surface area contributed by atoms with Gasteiger partial charge in [-0.05, 0) is 25.5 Å². The van der Waals surface area contributed by atoms with Gasteiger partial charge in [-0.3, -0.25) is 14.7 Å². The van der Waals surface area contributed by atoms with Crippen molar-refractivity contribution < 1.29 is 4.79 Å². The highest BCUT2D eigenvalue weighted by atomic mass is 16.2. The Bertz CT molecular complexity index is 1020. The predicted molar refractivity (Wildman–Crippen MR) is 91.0 cm³/mol. The van der Waals surface area contributed by atoms with E-state index in [1.807, 2.05) is 37.4 Å². The second-order valence-corrected chi connectivity index (χ2v) is 6.09. The zero-order valence-electron chi connectivity index (χ0n) is 13.3. The monoisotopic (exact) mass is 323 g/mol. The standard InChI is InChI=1S/C17H17N5O2/c1-8-13(16(23)21-19-8)15(14-9(2)20-22-17(14)24)11-7-18-12-6-4-3-5-10(11)12/h3-7,13,15,18H,1-2H3,(H,21,23)(H2,20,22,24)/t13-,15-/m0/s1. The van der Waals surface area contributed by atoms with Gasteiger partial charge in [-0.1, -0.05) is 18.2 Å². The Labute approximate surface area is 137 Å². The number of fused-ring (bicyclic) bond motifs is 1. The Morgan fingerprint density at radius 2 is 1.92 bits per heavy atom. The Hall–Kier alpha value is -3.09. The third kappa shape index (κ3) is 2.01. The molecule has 3 heterocycles. The number of para-hydroxylation sites is 1. The number of rotatable bonds is 3. The van der Waals surface area contributed by atoms with Crippen LogP contribution in [0.25, 0.3) is 10.9 Å². The lowest BCUT2D eigenvalue weighted by molar-refractivity contribution is -0.122. The molecular formula is C17H17N5O2. The van der Waals surface area contributed by atoms with Crippen LogP contribution in [0.2, 0.25) is 0 Å². The summed E-state index contributed by atoms with van der Waals surface area (Å²) < 4.78 is 0. The van der Waals surface area contributed by atoms with Gasteiger partial charge in [0.05, 0.1) is 5.92 Å². The molecule has 1 amide bonds. The molecule has 4 rings (SSSR count). The van der Waals surface area contributed by atoms with E-state index < -0.39 is 11.8 Å². The number of carbonyl (C=O) groups is 1. The highest BCUT2D eigenvalue weighted by molar-refractivity contribution is 6.08. The molecule has 0 unspecified atom stereocenters. The third-order valence-corrected chi connectivity index (χ3v) is 4.69. The predicted octanol–water partition coefficient (Wildman–Crippen LogP) is 1.75. The normalized spacial score (nSPS) is 18.7. The van der Waals surface area contributed by atoms with E-state index in [1.165, 1.54) is 0 Å². The quantitative estimate of drug-likeness (QED) is 0.589. The number of aryl methyl sites for hydroxylation is 1. The molecule has 0 aliphatic carbocycles. The van der Waals surface area contributed by atoms with Gasteiger partial charge in [-0.15, -0.1) is 0 Å². The molecule has 3 aromatic rings. The van der Waals surface area contributed by atoms with Gasteiger partial charge >= 0.3 is 0 Å². The van der Waals surface area contributed by atoms with E-state index in [9.17, 15) is 9.59 Å². The van der Waals surface area contributed by atoms with Gasteiger partial charge in [0, 0.05) is 40.0 Å². The SMILES string of the molecule is CC1=NNC(=O)[C@@H]1[C@@H](c1c(C)[nH][nH]c1=O)c1c[nH]c2ccccc12. The van der Waals surface area contributed by atoms with Crippen LogP contribution in [0.4, 0.5) is 0 Å². The van der Waals surface area contributed by atoms with Crippen LogP contribution in [0.3, 0.4) is 0 Å². The zero-order chi connectivity index (χ0) is 16.8. The number of hydrogen-bond acceptors (Lipinski definition) is 3. The minimum absolute atomic E-state index is 0.192. The number of hydrazone groups is 1. The molecule has 2 aromatic heterocycles. The van der Waals surface area contributed by atoms with Gasteiger partial charge in [0.15, 0.2) is 0 Å². The number of amides is 1. The highest BCUT2D eigenvalue weighted by Crippen LogP contribution is 2.38. The molecule has 122 valence electrons. The lowest BCUT2D eigenvalue weighted by Crippen LogP contribution is -2.31. The molecule has 2 atom stereocenters. The van der Waals surface area contributed by atoms with Gasteiger partial charge in [0.25, 0.3) is 5.56 Å². The van der Waals surface area contributed by atoms with Crippen molar-refractivity contribution in [3.63, 3.8) is 0 Å². The molecular weight excluding hydrogens is 306 g/mol. The Balaban J connectivity index is 1.99. The van der Waals surface area contributed by atoms with Crippen molar-refractivity contribution in [1.29, 1.82) is 0 Å². The van der Waals surface area contributed by atoms with E-state index in [0.29, 0.717) is 11.3 Å². The summed E-state index contributed by atoms with van der Waals surface area (Å²) in [5, 5.41) is 10.5. The molecule has 4 N–H and O–H groups in total. The van der Waals surface area contributed by atoms with Crippen LogP contribution in [0, 0.1) is 12.8 Å². The first-order chi connectivity index (χ1) is 11.6. The molecule has 24 heavy (non-hydrogen) atoms. The Morgan fingerprint density at radius 1 is 1.12 bits per heavy atom. The van der Waals surface area contributed by atoms with Crippen molar-refractivity contribution >= 4 is 22.5 Å². The first-order valence-corrected chi connectivity index (χ1v) is 7.75. The molecule has 0 fully saturated rings. The minimum atomic E-state index is -0.514. The Morgan fingerprint density at radius 3 is 2.58 bits per heavy atom. The van der Waals surface area contributed by atoms with E-state index in [4.69, 9.17) is 0 Å². The zero-order valence-corrected chi connectivity index (χ0v) is 13.3. The van der Waals surface area contributed by atoms with Crippen LogP contribution in [0.1, 0.15) is 29.7 Å². The first-order valence-electron chi connectivity index (χ1n) is 7.75. The fourth-order valence-electron chi connectivity index (χ4n) is 3.55. The lowest BCUT2D eigenvalue weighted by Gasteiger charge is -2.21. The lowest BCUT2D eigenvalue weighted by atomic mass is 9.78. The summed E-state index contributed by atoms with van der Waals surface area (Å²) in [6.45, 7) is 3.63.